The summed E-state index contributed by atoms with van der Waals surface area (Å²) in [7, 11) is 7.72. The fraction of sp³-hybridized carbons (Fsp3) is 0.364. The van der Waals surface area contributed by atoms with Gasteiger partial charge >= 0.3 is 0 Å². The zero-order valence-corrected chi connectivity index (χ0v) is 9.73. The van der Waals surface area contributed by atoms with Crippen molar-refractivity contribution in [1.29, 1.82) is 0 Å². The van der Waals surface area contributed by atoms with E-state index in [2.05, 4.69) is 4.99 Å². The third kappa shape index (κ3) is 2.87. The third-order valence-corrected chi connectivity index (χ3v) is 2.06. The molecule has 0 atom stereocenters. The van der Waals surface area contributed by atoms with E-state index in [1.807, 2.05) is 57.4 Å². The molecular formula is C11H18N4. The Morgan fingerprint density at radius 2 is 1.73 bits per heavy atom. The number of benzene rings is 1. The predicted molar refractivity (Wildman–Crippen MR) is 65.7 cm³/mol. The number of hydrogen-bond acceptors (Lipinski definition) is 2. The lowest BCUT2D eigenvalue weighted by Gasteiger charge is -2.16. The SMILES string of the molecule is CN(C)/C(N)=N/c1ccccc1N(C)C. The van der Waals surface area contributed by atoms with Gasteiger partial charge in [-0.1, -0.05) is 12.1 Å². The Labute approximate surface area is 91.0 Å². The van der Waals surface area contributed by atoms with Gasteiger partial charge in [0.25, 0.3) is 0 Å². The highest BCUT2D eigenvalue weighted by Gasteiger charge is 2.03. The fourth-order valence-corrected chi connectivity index (χ4v) is 1.16. The average Bonchev–Trinajstić information content (AvgIpc) is 2.18. The Kier molecular flexibility index (Phi) is 3.55. The van der Waals surface area contributed by atoms with Crippen LogP contribution in [-0.2, 0) is 0 Å². The van der Waals surface area contributed by atoms with Gasteiger partial charge in [0.05, 0.1) is 11.4 Å². The van der Waals surface area contributed by atoms with Crippen molar-refractivity contribution in [2.24, 2.45) is 10.7 Å². The number of guanidine groups is 1. The van der Waals surface area contributed by atoms with Gasteiger partial charge in [-0.15, -0.1) is 0 Å². The Balaban J connectivity index is 3.09. The molecule has 0 heterocycles. The molecule has 1 aromatic rings. The smallest absolute Gasteiger partial charge is 0.196 e. The number of hydrogen-bond donors (Lipinski definition) is 1. The van der Waals surface area contributed by atoms with E-state index in [-0.39, 0.29) is 0 Å². The van der Waals surface area contributed by atoms with Crippen LogP contribution >= 0.6 is 0 Å². The van der Waals surface area contributed by atoms with E-state index in [9.17, 15) is 0 Å². The minimum absolute atomic E-state index is 0.504. The summed E-state index contributed by atoms with van der Waals surface area (Å²) < 4.78 is 0. The summed E-state index contributed by atoms with van der Waals surface area (Å²) in [5.74, 6) is 0.504. The van der Waals surface area contributed by atoms with Gasteiger partial charge in [0.2, 0.25) is 0 Å². The van der Waals surface area contributed by atoms with Crippen molar-refractivity contribution in [2.75, 3.05) is 33.1 Å². The molecule has 4 nitrogen and oxygen atoms in total. The topological polar surface area (TPSA) is 44.9 Å². The van der Waals surface area contributed by atoms with Gasteiger partial charge in [-0.2, -0.15) is 0 Å². The molecule has 0 saturated heterocycles. The second-order valence-electron chi connectivity index (χ2n) is 3.75. The first-order chi connectivity index (χ1) is 7.02. The van der Waals surface area contributed by atoms with E-state index in [0.717, 1.165) is 11.4 Å². The fourth-order valence-electron chi connectivity index (χ4n) is 1.16. The standard InChI is InChI=1S/C11H18N4/c1-14(2)10-8-6-5-7-9(10)13-11(12)15(3)4/h5-8H,1-4H3,(H2,12,13). The van der Waals surface area contributed by atoms with Crippen molar-refractivity contribution in [2.45, 2.75) is 0 Å². The van der Waals surface area contributed by atoms with E-state index in [1.54, 1.807) is 4.90 Å². The number of aliphatic imine (C=N–C) groups is 1. The normalized spacial score (nSPS) is 11.3. The number of para-hydroxylation sites is 2. The van der Waals surface area contributed by atoms with Crippen molar-refractivity contribution < 1.29 is 0 Å². The number of nitrogens with zero attached hydrogens (tertiary/aromatic N) is 3. The van der Waals surface area contributed by atoms with Crippen LogP contribution in [0.1, 0.15) is 0 Å². The zero-order valence-electron chi connectivity index (χ0n) is 9.73. The Morgan fingerprint density at radius 1 is 1.13 bits per heavy atom. The maximum absolute atomic E-state index is 5.77. The first kappa shape index (κ1) is 11.4. The Bertz CT molecular complexity index is 355. The van der Waals surface area contributed by atoms with E-state index in [0.29, 0.717) is 5.96 Å². The molecule has 0 saturated carbocycles. The lowest BCUT2D eigenvalue weighted by Crippen LogP contribution is -2.29. The first-order valence-electron chi connectivity index (χ1n) is 4.80. The summed E-state index contributed by atoms with van der Waals surface area (Å²) in [6, 6.07) is 7.91. The van der Waals surface area contributed by atoms with E-state index < -0.39 is 0 Å². The van der Waals surface area contributed by atoms with Crippen LogP contribution in [0.15, 0.2) is 29.3 Å². The van der Waals surface area contributed by atoms with Gasteiger partial charge in [0.1, 0.15) is 0 Å². The predicted octanol–water partition coefficient (Wildman–Crippen LogP) is 1.26. The molecule has 0 amide bonds. The number of rotatable bonds is 2. The maximum Gasteiger partial charge on any atom is 0.196 e. The number of nitrogens with two attached hydrogens (primary N) is 1. The molecule has 1 aromatic carbocycles. The molecule has 0 aliphatic heterocycles. The summed E-state index contributed by atoms with van der Waals surface area (Å²) >= 11 is 0. The molecule has 0 bridgehead atoms. The molecule has 82 valence electrons. The molecule has 0 fully saturated rings. The van der Waals surface area contributed by atoms with Gasteiger partial charge in [-0.25, -0.2) is 4.99 Å². The Morgan fingerprint density at radius 3 is 2.27 bits per heavy atom. The van der Waals surface area contributed by atoms with Crippen LogP contribution in [0.25, 0.3) is 0 Å². The van der Waals surface area contributed by atoms with Crippen molar-refractivity contribution in [3.63, 3.8) is 0 Å². The third-order valence-electron chi connectivity index (χ3n) is 2.06. The molecule has 0 aliphatic carbocycles. The van der Waals surface area contributed by atoms with E-state index >= 15 is 0 Å². The summed E-state index contributed by atoms with van der Waals surface area (Å²) in [4.78, 5) is 8.16. The summed E-state index contributed by atoms with van der Waals surface area (Å²) in [6.45, 7) is 0. The zero-order chi connectivity index (χ0) is 11.4. The molecular weight excluding hydrogens is 188 g/mol. The highest BCUT2D eigenvalue weighted by atomic mass is 15.2. The molecule has 0 radical (unpaired) electrons. The molecule has 0 aliphatic rings. The van der Waals surface area contributed by atoms with Crippen LogP contribution in [0.4, 0.5) is 11.4 Å². The van der Waals surface area contributed by atoms with Crippen molar-refractivity contribution >= 4 is 17.3 Å². The highest BCUT2D eigenvalue weighted by Crippen LogP contribution is 2.26. The second kappa shape index (κ2) is 4.68. The lowest BCUT2D eigenvalue weighted by molar-refractivity contribution is 0.615. The molecule has 1 rings (SSSR count). The monoisotopic (exact) mass is 206 g/mol. The molecule has 15 heavy (non-hydrogen) atoms. The van der Waals surface area contributed by atoms with Gasteiger partial charge in [0, 0.05) is 28.2 Å². The molecule has 2 N–H and O–H groups in total. The largest absolute Gasteiger partial charge is 0.376 e. The van der Waals surface area contributed by atoms with Crippen molar-refractivity contribution in [3.8, 4) is 0 Å². The number of anilines is 1. The second-order valence-corrected chi connectivity index (χ2v) is 3.75. The summed E-state index contributed by atoms with van der Waals surface area (Å²) in [6.07, 6.45) is 0. The first-order valence-corrected chi connectivity index (χ1v) is 4.80. The van der Waals surface area contributed by atoms with E-state index in [1.165, 1.54) is 0 Å². The maximum atomic E-state index is 5.77. The van der Waals surface area contributed by atoms with Crippen molar-refractivity contribution in [3.05, 3.63) is 24.3 Å². The van der Waals surface area contributed by atoms with E-state index in [4.69, 9.17) is 5.73 Å². The van der Waals surface area contributed by atoms with Crippen LogP contribution in [-0.4, -0.2) is 39.1 Å². The summed E-state index contributed by atoms with van der Waals surface area (Å²) in [5.41, 5.74) is 7.72. The van der Waals surface area contributed by atoms with Gasteiger partial charge in [-0.3, -0.25) is 0 Å². The quantitative estimate of drug-likeness (QED) is 0.585. The van der Waals surface area contributed by atoms with Crippen LogP contribution < -0.4 is 10.6 Å². The van der Waals surface area contributed by atoms with Crippen LogP contribution in [0.5, 0.6) is 0 Å². The molecule has 0 spiro atoms. The van der Waals surface area contributed by atoms with Crippen LogP contribution in [0, 0.1) is 0 Å². The van der Waals surface area contributed by atoms with Gasteiger partial charge in [-0.05, 0) is 12.1 Å². The van der Waals surface area contributed by atoms with Gasteiger partial charge in [0.15, 0.2) is 5.96 Å². The highest BCUT2D eigenvalue weighted by molar-refractivity contribution is 5.83. The lowest BCUT2D eigenvalue weighted by atomic mass is 10.2. The minimum Gasteiger partial charge on any atom is -0.376 e. The molecule has 0 aromatic heterocycles. The minimum atomic E-state index is 0.504. The molecule has 0 unspecified atom stereocenters. The average molecular weight is 206 g/mol. The molecule has 4 heteroatoms. The van der Waals surface area contributed by atoms with Crippen LogP contribution in [0.3, 0.4) is 0 Å². The Hall–Kier alpha value is -1.71. The van der Waals surface area contributed by atoms with Gasteiger partial charge < -0.3 is 15.5 Å². The summed E-state index contributed by atoms with van der Waals surface area (Å²) in [5, 5.41) is 0. The van der Waals surface area contributed by atoms with Crippen molar-refractivity contribution in [1.82, 2.24) is 4.90 Å². The van der Waals surface area contributed by atoms with Crippen LogP contribution in [0.2, 0.25) is 0 Å².